The molecular weight excluding hydrogens is 392 g/mol. The number of rotatable bonds is 7. The Morgan fingerprint density at radius 2 is 1.74 bits per heavy atom. The molecule has 0 bridgehead atoms. The largest absolute Gasteiger partial charge is 0.497 e. The molecule has 1 aliphatic carbocycles. The highest BCUT2D eigenvalue weighted by Crippen LogP contribution is 2.43. The Balaban J connectivity index is 1.74. The number of benzene rings is 2. The number of carbonyl (C=O) groups is 2. The molecule has 1 aliphatic heterocycles. The normalized spacial score (nSPS) is 22.0. The summed E-state index contributed by atoms with van der Waals surface area (Å²) in [5.41, 5.74) is 1.59. The van der Waals surface area contributed by atoms with Gasteiger partial charge in [0.05, 0.1) is 26.2 Å². The van der Waals surface area contributed by atoms with Crippen molar-refractivity contribution < 1.29 is 19.1 Å². The minimum atomic E-state index is -0.447. The van der Waals surface area contributed by atoms with Crippen LogP contribution in [0.4, 0.5) is 5.69 Å². The third-order valence-corrected chi connectivity index (χ3v) is 6.44. The molecule has 1 saturated heterocycles. The van der Waals surface area contributed by atoms with Crippen LogP contribution >= 0.6 is 0 Å². The van der Waals surface area contributed by atoms with Crippen molar-refractivity contribution in [3.63, 3.8) is 0 Å². The van der Waals surface area contributed by atoms with Gasteiger partial charge in [-0.2, -0.15) is 0 Å². The molecule has 2 aromatic carbocycles. The van der Waals surface area contributed by atoms with Crippen LogP contribution in [0.3, 0.4) is 0 Å². The van der Waals surface area contributed by atoms with E-state index in [0.29, 0.717) is 24.5 Å². The van der Waals surface area contributed by atoms with E-state index in [1.807, 2.05) is 48.5 Å². The molecule has 3 unspecified atom stereocenters. The lowest BCUT2D eigenvalue weighted by atomic mass is 9.82. The lowest BCUT2D eigenvalue weighted by molar-refractivity contribution is -0.129. The maximum absolute atomic E-state index is 13.4. The average Bonchev–Trinajstić information content (AvgIpc) is 3.64. The molecule has 2 fully saturated rings. The van der Waals surface area contributed by atoms with Crippen LogP contribution in [0.1, 0.15) is 44.2 Å². The van der Waals surface area contributed by atoms with Gasteiger partial charge in [0, 0.05) is 23.7 Å². The molecule has 164 valence electrons. The van der Waals surface area contributed by atoms with Gasteiger partial charge in [0.2, 0.25) is 11.8 Å². The number of anilines is 1. The van der Waals surface area contributed by atoms with Crippen LogP contribution in [-0.4, -0.2) is 32.1 Å². The van der Waals surface area contributed by atoms with E-state index in [2.05, 4.69) is 12.2 Å². The molecule has 0 radical (unpaired) electrons. The van der Waals surface area contributed by atoms with Crippen LogP contribution in [0.15, 0.2) is 48.5 Å². The number of hydrogen-bond acceptors (Lipinski definition) is 4. The van der Waals surface area contributed by atoms with Gasteiger partial charge in [0.25, 0.3) is 0 Å². The van der Waals surface area contributed by atoms with Gasteiger partial charge in [-0.1, -0.05) is 18.2 Å². The summed E-state index contributed by atoms with van der Waals surface area (Å²) in [5, 5.41) is 3.22. The number of methoxy groups -OCH3 is 2. The van der Waals surface area contributed by atoms with Gasteiger partial charge in [0.15, 0.2) is 0 Å². The number of nitrogens with zero attached hydrogens (tertiary/aromatic N) is 1. The van der Waals surface area contributed by atoms with E-state index in [4.69, 9.17) is 9.47 Å². The molecule has 2 aromatic rings. The first kappa shape index (κ1) is 21.2. The van der Waals surface area contributed by atoms with Crippen molar-refractivity contribution in [1.29, 1.82) is 0 Å². The Bertz CT molecular complexity index is 939. The number of carbonyl (C=O) groups excluding carboxylic acids is 2. The fourth-order valence-electron chi connectivity index (χ4n) is 4.53. The maximum Gasteiger partial charge on any atom is 0.227 e. The highest BCUT2D eigenvalue weighted by molar-refractivity contribution is 5.97. The van der Waals surface area contributed by atoms with E-state index in [1.54, 1.807) is 19.1 Å². The third kappa shape index (κ3) is 4.38. The van der Waals surface area contributed by atoms with E-state index in [0.717, 1.165) is 17.0 Å². The fourth-order valence-corrected chi connectivity index (χ4v) is 4.53. The zero-order valence-corrected chi connectivity index (χ0v) is 18.3. The number of para-hydroxylation sites is 1. The summed E-state index contributed by atoms with van der Waals surface area (Å²) in [5.74, 6) is 1.60. The van der Waals surface area contributed by atoms with Crippen molar-refractivity contribution in [2.24, 2.45) is 11.8 Å². The Morgan fingerprint density at radius 3 is 2.39 bits per heavy atom. The predicted octanol–water partition coefficient (Wildman–Crippen LogP) is 4.10. The standard InChI is InChI=1S/C25H30N2O4/c1-16(17-8-9-17)26-25(29)21-14-15-23(28)27(18-10-12-19(30-2)13-11-18)24(21)20-6-4-5-7-22(20)31-3/h4-7,10-13,16-17,21,24H,8-9,14-15H2,1-3H3,(H,26,29). The molecule has 0 spiro atoms. The van der Waals surface area contributed by atoms with Gasteiger partial charge in [-0.25, -0.2) is 0 Å². The maximum atomic E-state index is 13.4. The molecule has 1 saturated carbocycles. The molecular formula is C25H30N2O4. The zero-order valence-electron chi connectivity index (χ0n) is 18.3. The van der Waals surface area contributed by atoms with E-state index in [-0.39, 0.29) is 23.8 Å². The quantitative estimate of drug-likeness (QED) is 0.729. The van der Waals surface area contributed by atoms with Gasteiger partial charge < -0.3 is 19.7 Å². The second-order valence-electron chi connectivity index (χ2n) is 8.43. The Labute approximate surface area is 183 Å². The summed E-state index contributed by atoms with van der Waals surface area (Å²) >= 11 is 0. The van der Waals surface area contributed by atoms with Crippen LogP contribution < -0.4 is 19.7 Å². The topological polar surface area (TPSA) is 67.9 Å². The van der Waals surface area contributed by atoms with Crippen LogP contribution in [0, 0.1) is 11.8 Å². The molecule has 1 N–H and O–H groups in total. The van der Waals surface area contributed by atoms with E-state index >= 15 is 0 Å². The zero-order chi connectivity index (χ0) is 22.0. The van der Waals surface area contributed by atoms with Crippen molar-refractivity contribution in [3.8, 4) is 11.5 Å². The summed E-state index contributed by atoms with van der Waals surface area (Å²) < 4.78 is 10.9. The van der Waals surface area contributed by atoms with Gasteiger partial charge >= 0.3 is 0 Å². The van der Waals surface area contributed by atoms with Crippen LogP contribution in [-0.2, 0) is 9.59 Å². The Hall–Kier alpha value is -3.02. The summed E-state index contributed by atoms with van der Waals surface area (Å²) in [7, 11) is 3.23. The summed E-state index contributed by atoms with van der Waals surface area (Å²) in [6, 6.07) is 14.8. The van der Waals surface area contributed by atoms with Gasteiger partial charge in [-0.3, -0.25) is 9.59 Å². The van der Waals surface area contributed by atoms with Crippen molar-refractivity contribution in [2.75, 3.05) is 19.1 Å². The highest BCUT2D eigenvalue weighted by Gasteiger charge is 2.43. The first-order chi connectivity index (χ1) is 15.0. The molecule has 6 nitrogen and oxygen atoms in total. The number of ether oxygens (including phenoxy) is 2. The van der Waals surface area contributed by atoms with Gasteiger partial charge in [-0.15, -0.1) is 0 Å². The molecule has 6 heteroatoms. The van der Waals surface area contributed by atoms with E-state index < -0.39 is 6.04 Å². The molecule has 4 rings (SSSR count). The minimum Gasteiger partial charge on any atom is -0.497 e. The number of nitrogens with one attached hydrogen (secondary N) is 1. The van der Waals surface area contributed by atoms with E-state index in [9.17, 15) is 9.59 Å². The lowest BCUT2D eigenvalue weighted by Gasteiger charge is -2.41. The molecule has 1 heterocycles. The first-order valence-corrected chi connectivity index (χ1v) is 10.9. The average molecular weight is 423 g/mol. The molecule has 0 aromatic heterocycles. The lowest BCUT2D eigenvalue weighted by Crippen LogP contribution is -2.50. The van der Waals surface area contributed by atoms with Crippen molar-refractivity contribution in [3.05, 3.63) is 54.1 Å². The SMILES string of the molecule is COc1ccc(N2C(=O)CCC(C(=O)NC(C)C3CC3)C2c2ccccc2OC)cc1. The van der Waals surface area contributed by atoms with Crippen LogP contribution in [0.5, 0.6) is 11.5 Å². The summed E-state index contributed by atoms with van der Waals surface area (Å²) in [6.07, 6.45) is 3.17. The highest BCUT2D eigenvalue weighted by atomic mass is 16.5. The number of amides is 2. The van der Waals surface area contributed by atoms with E-state index in [1.165, 1.54) is 12.8 Å². The van der Waals surface area contributed by atoms with Crippen molar-refractivity contribution >= 4 is 17.5 Å². The summed E-state index contributed by atoms with van der Waals surface area (Å²) in [6.45, 7) is 2.07. The van der Waals surface area contributed by atoms with Crippen molar-refractivity contribution in [2.45, 2.75) is 44.7 Å². The monoisotopic (exact) mass is 422 g/mol. The second-order valence-corrected chi connectivity index (χ2v) is 8.43. The minimum absolute atomic E-state index is 0.000337. The smallest absolute Gasteiger partial charge is 0.227 e. The summed E-state index contributed by atoms with van der Waals surface area (Å²) in [4.78, 5) is 28.3. The molecule has 2 aliphatic rings. The molecule has 2 amide bonds. The fraction of sp³-hybridized carbons (Fsp3) is 0.440. The third-order valence-electron chi connectivity index (χ3n) is 6.44. The van der Waals surface area contributed by atoms with Crippen molar-refractivity contribution in [1.82, 2.24) is 5.32 Å². The first-order valence-electron chi connectivity index (χ1n) is 10.9. The predicted molar refractivity (Wildman–Crippen MR) is 119 cm³/mol. The van der Waals surface area contributed by atoms with Gasteiger partial charge in [0.1, 0.15) is 11.5 Å². The van der Waals surface area contributed by atoms with Crippen LogP contribution in [0.25, 0.3) is 0 Å². The number of piperidine rings is 1. The Morgan fingerprint density at radius 1 is 1.03 bits per heavy atom. The van der Waals surface area contributed by atoms with Gasteiger partial charge in [-0.05, 0) is 62.4 Å². The Kier molecular flexibility index (Phi) is 6.16. The molecule has 31 heavy (non-hydrogen) atoms. The molecule has 3 atom stereocenters. The van der Waals surface area contributed by atoms with Crippen LogP contribution in [0.2, 0.25) is 0 Å². The number of hydrogen-bond donors (Lipinski definition) is 1. The second kappa shape index (κ2) is 9.00.